The number of nitro benzene ring substituents is 1. The van der Waals surface area contributed by atoms with Gasteiger partial charge in [0.15, 0.2) is 0 Å². The molecule has 0 saturated carbocycles. The Bertz CT molecular complexity index is 775. The normalized spacial score (nSPS) is 15.1. The zero-order valence-electron chi connectivity index (χ0n) is 17.1. The molecule has 0 aliphatic carbocycles. The second-order valence-electron chi connectivity index (χ2n) is 8.56. The molecule has 154 valence electrons. The van der Waals surface area contributed by atoms with Crippen LogP contribution in [0.1, 0.15) is 46.6 Å². The van der Waals surface area contributed by atoms with Crippen LogP contribution in [0.2, 0.25) is 0 Å². The van der Waals surface area contributed by atoms with E-state index in [9.17, 15) is 20.0 Å². The molecule has 1 aromatic carbocycles. The number of amides is 1. The summed E-state index contributed by atoms with van der Waals surface area (Å²) < 4.78 is 5.38. The first-order valence-electron chi connectivity index (χ1n) is 9.28. The van der Waals surface area contributed by atoms with Gasteiger partial charge in [-0.3, -0.25) is 10.1 Å². The van der Waals surface area contributed by atoms with Crippen LogP contribution in [0.25, 0.3) is 5.57 Å². The zero-order valence-corrected chi connectivity index (χ0v) is 17.1. The highest BCUT2D eigenvalue weighted by atomic mass is 16.6. The minimum atomic E-state index is -0.983. The number of nitrogens with zero attached hydrogens (tertiary/aromatic N) is 2. The maximum Gasteiger partial charge on any atom is 0.410 e. The number of carbonyl (C=O) groups excluding carboxylic acids is 1. The third-order valence-electron chi connectivity index (χ3n) is 4.14. The summed E-state index contributed by atoms with van der Waals surface area (Å²) >= 11 is 0. The first-order chi connectivity index (χ1) is 12.9. The van der Waals surface area contributed by atoms with Gasteiger partial charge in [0.1, 0.15) is 11.3 Å². The van der Waals surface area contributed by atoms with Gasteiger partial charge in [0.2, 0.25) is 0 Å². The van der Waals surface area contributed by atoms with Gasteiger partial charge in [-0.05, 0) is 58.2 Å². The van der Waals surface area contributed by atoms with Crippen molar-refractivity contribution in [2.24, 2.45) is 0 Å². The molecule has 2 rings (SSSR count). The number of anilines is 1. The van der Waals surface area contributed by atoms with E-state index in [4.69, 9.17) is 4.74 Å². The molecule has 0 bridgehead atoms. The van der Waals surface area contributed by atoms with Crippen molar-refractivity contribution >= 4 is 23.0 Å². The van der Waals surface area contributed by atoms with Crippen LogP contribution in [0, 0.1) is 10.1 Å². The predicted molar refractivity (Wildman–Crippen MR) is 108 cm³/mol. The van der Waals surface area contributed by atoms with E-state index in [1.54, 1.807) is 24.8 Å². The van der Waals surface area contributed by atoms with Crippen molar-refractivity contribution in [3.63, 3.8) is 0 Å². The zero-order chi connectivity index (χ0) is 21.1. The number of hydrogen-bond donors (Lipinski definition) is 2. The van der Waals surface area contributed by atoms with E-state index in [2.05, 4.69) is 5.32 Å². The van der Waals surface area contributed by atoms with Crippen LogP contribution in [0.4, 0.5) is 16.2 Å². The van der Waals surface area contributed by atoms with Crippen LogP contribution in [-0.4, -0.2) is 51.9 Å². The molecule has 28 heavy (non-hydrogen) atoms. The van der Waals surface area contributed by atoms with Crippen molar-refractivity contribution in [2.45, 2.75) is 52.2 Å². The second-order valence-corrected chi connectivity index (χ2v) is 8.56. The minimum absolute atomic E-state index is 0.0442. The quantitative estimate of drug-likeness (QED) is 0.584. The van der Waals surface area contributed by atoms with Crippen molar-refractivity contribution in [1.29, 1.82) is 0 Å². The van der Waals surface area contributed by atoms with Crippen LogP contribution in [0.15, 0.2) is 24.3 Å². The number of rotatable bonds is 5. The molecule has 1 aromatic rings. The molecule has 0 aromatic heterocycles. The summed E-state index contributed by atoms with van der Waals surface area (Å²) in [5.74, 6) is 0. The van der Waals surface area contributed by atoms with Crippen LogP contribution >= 0.6 is 0 Å². The summed E-state index contributed by atoms with van der Waals surface area (Å²) in [4.78, 5) is 24.8. The third kappa shape index (κ3) is 6.23. The highest BCUT2D eigenvalue weighted by Gasteiger charge is 2.25. The number of nitrogens with one attached hydrogen (secondary N) is 1. The summed E-state index contributed by atoms with van der Waals surface area (Å²) in [7, 11) is 0. The van der Waals surface area contributed by atoms with E-state index in [1.807, 2.05) is 32.9 Å². The second kappa shape index (κ2) is 8.18. The number of benzene rings is 1. The fraction of sp³-hybridized carbons (Fsp3) is 0.550. The van der Waals surface area contributed by atoms with Crippen molar-refractivity contribution < 1.29 is 19.6 Å². The molecule has 1 heterocycles. The molecule has 0 fully saturated rings. The minimum Gasteiger partial charge on any atom is -0.444 e. The van der Waals surface area contributed by atoms with E-state index in [0.29, 0.717) is 25.2 Å². The molecule has 0 saturated heterocycles. The summed E-state index contributed by atoms with van der Waals surface area (Å²) in [5.41, 5.74) is 0.498. The highest BCUT2D eigenvalue weighted by Crippen LogP contribution is 2.31. The Kier molecular flexibility index (Phi) is 6.34. The Labute approximate surface area is 165 Å². The van der Waals surface area contributed by atoms with Gasteiger partial charge in [0.25, 0.3) is 5.69 Å². The largest absolute Gasteiger partial charge is 0.444 e. The van der Waals surface area contributed by atoms with E-state index in [1.165, 1.54) is 6.07 Å². The van der Waals surface area contributed by atoms with Crippen molar-refractivity contribution in [3.8, 4) is 0 Å². The van der Waals surface area contributed by atoms with Crippen LogP contribution in [0.3, 0.4) is 0 Å². The van der Waals surface area contributed by atoms with Gasteiger partial charge in [-0.2, -0.15) is 0 Å². The smallest absolute Gasteiger partial charge is 0.410 e. The van der Waals surface area contributed by atoms with Crippen LogP contribution in [-0.2, 0) is 4.74 Å². The molecule has 1 amide bonds. The highest BCUT2D eigenvalue weighted by molar-refractivity contribution is 5.76. The number of ether oxygens (including phenoxy) is 1. The van der Waals surface area contributed by atoms with Crippen molar-refractivity contribution in [3.05, 3.63) is 40.0 Å². The lowest BCUT2D eigenvalue weighted by Crippen LogP contribution is -2.39. The van der Waals surface area contributed by atoms with Gasteiger partial charge in [-0.1, -0.05) is 12.1 Å². The third-order valence-corrected chi connectivity index (χ3v) is 4.14. The fourth-order valence-electron chi connectivity index (χ4n) is 2.77. The van der Waals surface area contributed by atoms with Crippen molar-refractivity contribution in [1.82, 2.24) is 4.90 Å². The van der Waals surface area contributed by atoms with Crippen molar-refractivity contribution in [2.75, 3.05) is 25.0 Å². The van der Waals surface area contributed by atoms with Gasteiger partial charge in [-0.15, -0.1) is 0 Å². The van der Waals surface area contributed by atoms with Gasteiger partial charge >= 0.3 is 6.09 Å². The molecule has 2 N–H and O–H groups in total. The molecule has 0 spiro atoms. The molecule has 1 aliphatic heterocycles. The van der Waals surface area contributed by atoms with E-state index >= 15 is 0 Å². The lowest BCUT2D eigenvalue weighted by Gasteiger charge is -2.29. The summed E-state index contributed by atoms with van der Waals surface area (Å²) in [6, 6.07) is 5.00. The Hall–Kier alpha value is -2.61. The fourth-order valence-corrected chi connectivity index (χ4v) is 2.77. The predicted octanol–water partition coefficient (Wildman–Crippen LogP) is 3.80. The van der Waals surface area contributed by atoms with Crippen LogP contribution < -0.4 is 5.32 Å². The maximum absolute atomic E-state index is 12.2. The number of aliphatic hydroxyl groups is 1. The summed E-state index contributed by atoms with van der Waals surface area (Å²) in [6.45, 7) is 9.81. The van der Waals surface area contributed by atoms with Gasteiger partial charge in [0, 0.05) is 25.7 Å². The molecular formula is C20H29N3O5. The van der Waals surface area contributed by atoms with Crippen LogP contribution in [0.5, 0.6) is 0 Å². The summed E-state index contributed by atoms with van der Waals surface area (Å²) in [6.07, 6.45) is 2.13. The number of carbonyl (C=O) groups is 1. The Morgan fingerprint density at radius 3 is 2.50 bits per heavy atom. The topological polar surface area (TPSA) is 105 Å². The lowest BCUT2D eigenvalue weighted by molar-refractivity contribution is -0.384. The monoisotopic (exact) mass is 391 g/mol. The van der Waals surface area contributed by atoms with E-state index in [0.717, 1.165) is 11.1 Å². The molecule has 0 atom stereocenters. The molecule has 0 unspecified atom stereocenters. The SMILES string of the molecule is CC(C)(O)CNc1ccc(C2=CCN(C(=O)OC(C)(C)C)CC2)cc1[N+](=O)[O-]. The Balaban J connectivity index is 2.14. The molecule has 8 heteroatoms. The van der Waals surface area contributed by atoms with Gasteiger partial charge in [-0.25, -0.2) is 4.79 Å². The molecule has 8 nitrogen and oxygen atoms in total. The number of hydrogen-bond acceptors (Lipinski definition) is 6. The van der Waals surface area contributed by atoms with Gasteiger partial charge < -0.3 is 20.1 Å². The average molecular weight is 391 g/mol. The Morgan fingerprint density at radius 2 is 2.00 bits per heavy atom. The van der Waals surface area contributed by atoms with E-state index < -0.39 is 16.1 Å². The first kappa shape index (κ1) is 21.7. The number of nitro groups is 1. The molecule has 1 aliphatic rings. The first-order valence-corrected chi connectivity index (χ1v) is 9.28. The average Bonchev–Trinajstić information content (AvgIpc) is 2.57. The van der Waals surface area contributed by atoms with E-state index in [-0.39, 0.29) is 18.3 Å². The maximum atomic E-state index is 12.2. The molecular weight excluding hydrogens is 362 g/mol. The standard InChI is InChI=1S/C20H29N3O5/c1-19(2,3)28-18(24)22-10-8-14(9-11-22)15-6-7-16(17(12-15)23(26)27)21-13-20(4,5)25/h6-8,12,21,25H,9-11,13H2,1-5H3. The lowest BCUT2D eigenvalue weighted by atomic mass is 9.98. The summed E-state index contributed by atoms with van der Waals surface area (Å²) in [5, 5.41) is 24.2. The van der Waals surface area contributed by atoms with Gasteiger partial charge in [0.05, 0.1) is 10.5 Å². The molecule has 0 radical (unpaired) electrons. The Morgan fingerprint density at radius 1 is 1.32 bits per heavy atom.